The van der Waals surface area contributed by atoms with E-state index >= 15 is 0 Å². The molecule has 0 spiro atoms. The Kier molecular flexibility index (Phi) is 2.22. The Labute approximate surface area is 86.6 Å². The molecule has 4 nitrogen and oxygen atoms in total. The minimum absolute atomic E-state index is 0.261. The number of benzene rings is 1. The molecular formula is C11H9NO3. The van der Waals surface area contributed by atoms with Crippen molar-refractivity contribution in [2.75, 3.05) is 14.2 Å². The van der Waals surface area contributed by atoms with Gasteiger partial charge in [0.25, 0.3) is 0 Å². The number of hydrogen-bond acceptors (Lipinski definition) is 4. The van der Waals surface area contributed by atoms with Gasteiger partial charge in [0.2, 0.25) is 11.5 Å². The van der Waals surface area contributed by atoms with E-state index in [2.05, 4.69) is 0 Å². The molecule has 1 heterocycles. The van der Waals surface area contributed by atoms with Crippen LogP contribution in [0.3, 0.4) is 0 Å². The zero-order valence-corrected chi connectivity index (χ0v) is 8.40. The average molecular weight is 203 g/mol. The van der Waals surface area contributed by atoms with Gasteiger partial charge >= 0.3 is 0 Å². The number of hydrogen-bond donors (Lipinski definition) is 0. The number of furan rings is 1. The minimum Gasteiger partial charge on any atom is -0.493 e. The highest BCUT2D eigenvalue weighted by molar-refractivity contribution is 5.87. The van der Waals surface area contributed by atoms with Gasteiger partial charge < -0.3 is 13.9 Å². The smallest absolute Gasteiger partial charge is 0.205 e. The summed E-state index contributed by atoms with van der Waals surface area (Å²) in [5, 5.41) is 9.54. The molecule has 0 unspecified atom stereocenters. The van der Waals surface area contributed by atoms with Crippen LogP contribution in [0.2, 0.25) is 0 Å². The van der Waals surface area contributed by atoms with Gasteiger partial charge in [0.15, 0.2) is 11.3 Å². The molecule has 0 N–H and O–H groups in total. The zero-order chi connectivity index (χ0) is 10.8. The van der Waals surface area contributed by atoms with Crippen LogP contribution >= 0.6 is 0 Å². The summed E-state index contributed by atoms with van der Waals surface area (Å²) in [5.41, 5.74) is 0.536. The first kappa shape index (κ1) is 9.41. The van der Waals surface area contributed by atoms with Gasteiger partial charge in [0.05, 0.1) is 14.2 Å². The van der Waals surface area contributed by atoms with Gasteiger partial charge in [0.1, 0.15) is 6.07 Å². The standard InChI is InChI=1S/C11H9NO3/c1-13-9-4-3-7-5-8(6-12)15-10(7)11(9)14-2/h3-5H,1-2H3. The first-order chi connectivity index (χ1) is 7.30. The van der Waals surface area contributed by atoms with Crippen molar-refractivity contribution in [3.63, 3.8) is 0 Å². The lowest BCUT2D eigenvalue weighted by molar-refractivity contribution is 0.353. The van der Waals surface area contributed by atoms with E-state index in [4.69, 9.17) is 19.2 Å². The quantitative estimate of drug-likeness (QED) is 0.751. The van der Waals surface area contributed by atoms with Crippen LogP contribution in [0, 0.1) is 11.3 Å². The number of methoxy groups -OCH3 is 2. The summed E-state index contributed by atoms with van der Waals surface area (Å²) < 4.78 is 15.6. The van der Waals surface area contributed by atoms with E-state index in [0.29, 0.717) is 17.1 Å². The molecule has 0 fully saturated rings. The van der Waals surface area contributed by atoms with E-state index in [1.807, 2.05) is 12.1 Å². The molecule has 2 aromatic rings. The first-order valence-corrected chi connectivity index (χ1v) is 4.34. The molecular weight excluding hydrogens is 194 g/mol. The third-order valence-electron chi connectivity index (χ3n) is 2.14. The fourth-order valence-corrected chi connectivity index (χ4v) is 1.47. The van der Waals surface area contributed by atoms with E-state index < -0.39 is 0 Å². The fourth-order valence-electron chi connectivity index (χ4n) is 1.47. The van der Waals surface area contributed by atoms with Gasteiger partial charge in [0, 0.05) is 11.5 Å². The maximum absolute atomic E-state index is 8.71. The number of nitriles is 1. The highest BCUT2D eigenvalue weighted by Crippen LogP contribution is 2.36. The van der Waals surface area contributed by atoms with Gasteiger partial charge in [-0.25, -0.2) is 0 Å². The molecule has 0 saturated carbocycles. The van der Waals surface area contributed by atoms with Crippen molar-refractivity contribution in [2.24, 2.45) is 0 Å². The van der Waals surface area contributed by atoms with Crippen molar-refractivity contribution in [1.29, 1.82) is 5.26 Å². The molecule has 0 aliphatic heterocycles. The summed E-state index contributed by atoms with van der Waals surface area (Å²) in [6.45, 7) is 0. The molecule has 0 aliphatic rings. The second-order valence-electron chi connectivity index (χ2n) is 2.94. The van der Waals surface area contributed by atoms with E-state index in [0.717, 1.165) is 5.39 Å². The molecule has 0 bridgehead atoms. The van der Waals surface area contributed by atoms with Gasteiger partial charge in [-0.05, 0) is 12.1 Å². The van der Waals surface area contributed by atoms with Crippen LogP contribution < -0.4 is 9.47 Å². The summed E-state index contributed by atoms with van der Waals surface area (Å²) in [4.78, 5) is 0. The van der Waals surface area contributed by atoms with Crippen molar-refractivity contribution < 1.29 is 13.9 Å². The second-order valence-corrected chi connectivity index (χ2v) is 2.94. The summed E-state index contributed by atoms with van der Waals surface area (Å²) in [7, 11) is 3.09. The molecule has 76 valence electrons. The Bertz CT molecular complexity index is 536. The summed E-state index contributed by atoms with van der Waals surface area (Å²) in [5.74, 6) is 1.36. The van der Waals surface area contributed by atoms with Crippen LogP contribution in [-0.4, -0.2) is 14.2 Å². The van der Waals surface area contributed by atoms with Crippen molar-refractivity contribution in [1.82, 2.24) is 0 Å². The third-order valence-corrected chi connectivity index (χ3v) is 2.14. The predicted octanol–water partition coefficient (Wildman–Crippen LogP) is 2.32. The Balaban J connectivity index is 2.76. The summed E-state index contributed by atoms with van der Waals surface area (Å²) >= 11 is 0. The molecule has 1 aromatic heterocycles. The minimum atomic E-state index is 0.261. The Morgan fingerprint density at radius 3 is 2.67 bits per heavy atom. The summed E-state index contributed by atoms with van der Waals surface area (Å²) in [6, 6.07) is 7.20. The lowest BCUT2D eigenvalue weighted by atomic mass is 10.2. The normalized spacial score (nSPS) is 9.93. The van der Waals surface area contributed by atoms with E-state index in [-0.39, 0.29) is 5.76 Å². The number of ether oxygens (including phenoxy) is 2. The summed E-state index contributed by atoms with van der Waals surface area (Å²) in [6.07, 6.45) is 0. The fraction of sp³-hybridized carbons (Fsp3) is 0.182. The molecule has 0 saturated heterocycles. The molecule has 2 rings (SSSR count). The molecule has 0 aliphatic carbocycles. The van der Waals surface area contributed by atoms with Crippen LogP contribution in [0.25, 0.3) is 11.0 Å². The zero-order valence-electron chi connectivity index (χ0n) is 8.40. The highest BCUT2D eigenvalue weighted by atomic mass is 16.5. The highest BCUT2D eigenvalue weighted by Gasteiger charge is 2.13. The monoisotopic (exact) mass is 203 g/mol. The van der Waals surface area contributed by atoms with Crippen LogP contribution in [-0.2, 0) is 0 Å². The molecule has 4 heteroatoms. The third kappa shape index (κ3) is 1.38. The SMILES string of the molecule is COc1ccc2cc(C#N)oc2c1OC. The van der Waals surface area contributed by atoms with Crippen molar-refractivity contribution in [3.8, 4) is 17.6 Å². The van der Waals surface area contributed by atoms with Crippen molar-refractivity contribution in [3.05, 3.63) is 24.0 Å². The van der Waals surface area contributed by atoms with Crippen LogP contribution in [0.5, 0.6) is 11.5 Å². The van der Waals surface area contributed by atoms with Crippen molar-refractivity contribution in [2.45, 2.75) is 0 Å². The molecule has 0 radical (unpaired) electrons. The molecule has 0 atom stereocenters. The Morgan fingerprint density at radius 2 is 2.07 bits per heavy atom. The molecule has 1 aromatic carbocycles. The number of nitrogens with zero attached hydrogens (tertiary/aromatic N) is 1. The van der Waals surface area contributed by atoms with Crippen molar-refractivity contribution >= 4 is 11.0 Å². The Hall–Kier alpha value is -2.15. The molecule has 15 heavy (non-hydrogen) atoms. The average Bonchev–Trinajstić information content (AvgIpc) is 2.70. The van der Waals surface area contributed by atoms with E-state index in [1.165, 1.54) is 7.11 Å². The van der Waals surface area contributed by atoms with E-state index in [9.17, 15) is 0 Å². The van der Waals surface area contributed by atoms with Gasteiger partial charge in [-0.2, -0.15) is 5.26 Å². The lowest BCUT2D eigenvalue weighted by Crippen LogP contribution is -1.89. The second kappa shape index (κ2) is 3.54. The topological polar surface area (TPSA) is 55.4 Å². The van der Waals surface area contributed by atoms with Gasteiger partial charge in [-0.15, -0.1) is 0 Å². The largest absolute Gasteiger partial charge is 0.493 e. The van der Waals surface area contributed by atoms with E-state index in [1.54, 1.807) is 19.2 Å². The van der Waals surface area contributed by atoms with Crippen LogP contribution in [0.1, 0.15) is 5.76 Å². The van der Waals surface area contributed by atoms with Gasteiger partial charge in [-0.1, -0.05) is 0 Å². The van der Waals surface area contributed by atoms with Crippen LogP contribution in [0.15, 0.2) is 22.6 Å². The van der Waals surface area contributed by atoms with Crippen LogP contribution in [0.4, 0.5) is 0 Å². The number of rotatable bonds is 2. The first-order valence-electron chi connectivity index (χ1n) is 4.34. The lowest BCUT2D eigenvalue weighted by Gasteiger charge is -2.06. The molecule has 0 amide bonds. The predicted molar refractivity (Wildman–Crippen MR) is 54.0 cm³/mol. The maximum atomic E-state index is 8.71. The number of fused-ring (bicyclic) bond motifs is 1. The maximum Gasteiger partial charge on any atom is 0.205 e. The van der Waals surface area contributed by atoms with Gasteiger partial charge in [-0.3, -0.25) is 0 Å². The Morgan fingerprint density at radius 1 is 1.27 bits per heavy atom.